The average Bonchev–Trinajstić information content (AvgIpc) is 3.47. The van der Waals surface area contributed by atoms with Gasteiger partial charge in [0.05, 0.1) is 54.9 Å². The molecule has 2 aromatic carbocycles. The summed E-state index contributed by atoms with van der Waals surface area (Å²) in [5.41, 5.74) is 14.3. The highest BCUT2D eigenvalue weighted by Gasteiger charge is 2.46. The number of rotatable bonds is 20. The molecule has 0 saturated carbocycles. The first-order chi connectivity index (χ1) is 39.5. The van der Waals surface area contributed by atoms with Crippen LogP contribution in [-0.2, 0) is 65.0 Å². The molecule has 0 radical (unpaired) electrons. The summed E-state index contributed by atoms with van der Waals surface area (Å²) >= 11 is 0.998. The molecule has 1 unspecified atom stereocenters. The van der Waals surface area contributed by atoms with Crippen molar-refractivity contribution in [1.29, 1.82) is 0 Å². The number of carbonyl (C=O) groups is 9. The molecule has 13 N–H and O–H groups in total. The topological polar surface area (TPSA) is 365 Å². The number of fused-ring (bicyclic) bond motifs is 3. The predicted molar refractivity (Wildman–Crippen MR) is 327 cm³/mol. The van der Waals surface area contributed by atoms with E-state index in [-0.39, 0.29) is 41.9 Å². The number of aliphatic carboxylic acids is 1. The number of aliphatic hydroxyl groups excluding tert-OH is 1. The standard InChI is InChI=1S/C58H90N10O14SSi2/c1-14-32(2)49-53(76)62-26-46(71)63-42(51(74)65-41(25-45(59)70)55(77)68-28-35(69)22-43(68)56(78)79)31-83-54-38(37-21-20-36(23-39(37)66-54)80-29-34-18-16-15-17-19-34)24-40(50(73)61-27-47(72)67-49)64-52(75)48(60)33(3)44(82-85(12,13)58(7,8)9)30-81-84(10,11)57(4,5)6/h15-21,23,32-33,35,40-44,48-49,66,69H,14,22,24-31,60H2,1-13H3,(H2,59,70)(H,61,73)(H,62,76)(H,63,71)(H,64,75)(H,65,74)(H,67,72)(H,78,79)/t32-,33-,35+,40+,41-,42+,43-,44?,48-,49-/m0/s1. The normalized spacial score (nSPS) is 21.7. The molecule has 2 aliphatic rings. The van der Waals surface area contributed by atoms with E-state index in [0.717, 1.165) is 22.2 Å². The van der Waals surface area contributed by atoms with Gasteiger partial charge in [0.15, 0.2) is 16.6 Å². The van der Waals surface area contributed by atoms with Gasteiger partial charge >= 0.3 is 5.97 Å². The van der Waals surface area contributed by atoms with E-state index in [9.17, 15) is 53.4 Å². The number of primary amides is 1. The summed E-state index contributed by atoms with van der Waals surface area (Å²) in [5, 5.41) is 36.6. The number of likely N-dealkylation sites (tertiary alicyclic amines) is 1. The van der Waals surface area contributed by atoms with Crippen LogP contribution in [-0.4, -0.2) is 170 Å². The maximum atomic E-state index is 14.8. The van der Waals surface area contributed by atoms with E-state index in [1.807, 2.05) is 37.3 Å². The van der Waals surface area contributed by atoms with E-state index in [2.05, 4.69) is 105 Å². The molecule has 3 aromatic rings. The fourth-order valence-corrected chi connectivity index (χ4v) is 12.7. The van der Waals surface area contributed by atoms with E-state index in [1.165, 1.54) is 0 Å². The number of ether oxygens (including phenoxy) is 1. The lowest BCUT2D eigenvalue weighted by molar-refractivity contribution is -0.149. The molecule has 3 heterocycles. The van der Waals surface area contributed by atoms with Crippen LogP contribution in [0.1, 0.15) is 92.7 Å². The van der Waals surface area contributed by atoms with Gasteiger partial charge in [0.1, 0.15) is 42.6 Å². The maximum Gasteiger partial charge on any atom is 0.326 e. The van der Waals surface area contributed by atoms with Gasteiger partial charge in [-0.2, -0.15) is 0 Å². The third kappa shape index (κ3) is 18.8. The Bertz CT molecular complexity index is 2900. The SMILES string of the molecule is CC[C@H](C)[C@@H]1NC(=O)CNC(=O)[C@H](NC(=O)[C@@H](N)[C@@H](C)C(CO[Si](C)(C)C(C)(C)C)O[Si](C)(C)C(C)(C)C)Cc2c([nH]c3cc(OCc4ccccc4)ccc23)SC[C@H](C(=O)N[C@@H](CC(N)=O)C(=O)N2C[C@H](O)C[C@H]2C(=O)O)NC(=O)CNC1=O. The summed E-state index contributed by atoms with van der Waals surface area (Å²) < 4.78 is 19.9. The van der Waals surface area contributed by atoms with Crippen molar-refractivity contribution in [2.24, 2.45) is 23.3 Å². The fourth-order valence-electron chi connectivity index (χ4n) is 9.13. The lowest BCUT2D eigenvalue weighted by Crippen LogP contribution is -2.59. The fraction of sp³-hybridized carbons (Fsp3) is 0.603. The van der Waals surface area contributed by atoms with Crippen molar-refractivity contribution >= 4 is 92.5 Å². The van der Waals surface area contributed by atoms with Crippen LogP contribution in [0.4, 0.5) is 0 Å². The highest BCUT2D eigenvalue weighted by molar-refractivity contribution is 7.99. The van der Waals surface area contributed by atoms with Crippen molar-refractivity contribution in [3.63, 3.8) is 0 Å². The molecule has 1 saturated heterocycles. The van der Waals surface area contributed by atoms with Gasteiger partial charge < -0.3 is 77.1 Å². The first kappa shape index (κ1) is 69.4. The van der Waals surface area contributed by atoms with Gasteiger partial charge in [0, 0.05) is 42.5 Å². The molecule has 5 rings (SSSR count). The van der Waals surface area contributed by atoms with Gasteiger partial charge in [-0.1, -0.05) is 99.1 Å². The number of aromatic amines is 1. The monoisotopic (exact) mass is 1240 g/mol. The van der Waals surface area contributed by atoms with Crippen LogP contribution >= 0.6 is 11.8 Å². The molecular formula is C58H90N10O14SSi2. The Morgan fingerprint density at radius 1 is 0.882 bits per heavy atom. The van der Waals surface area contributed by atoms with Crippen LogP contribution in [0.5, 0.6) is 5.75 Å². The number of carbonyl (C=O) groups excluding carboxylic acids is 8. The molecular weight excluding hydrogens is 1150 g/mol. The summed E-state index contributed by atoms with van der Waals surface area (Å²) in [6.07, 6.45) is -2.82. The average molecular weight is 1240 g/mol. The number of β-amino-alcohol motifs (C(OH)–C–C–N with tert-alkyl or cyclic N) is 1. The number of thioether (sulfide) groups is 1. The molecule has 10 atom stereocenters. The molecule has 0 aliphatic carbocycles. The van der Waals surface area contributed by atoms with Gasteiger partial charge in [-0.3, -0.25) is 38.4 Å². The van der Waals surface area contributed by atoms with Crippen molar-refractivity contribution in [2.75, 3.05) is 32.0 Å². The van der Waals surface area contributed by atoms with Gasteiger partial charge in [-0.15, -0.1) is 11.8 Å². The second kappa shape index (κ2) is 29.4. The summed E-state index contributed by atoms with van der Waals surface area (Å²) in [7, 11) is -4.88. The number of nitrogens with zero attached hydrogens (tertiary/aromatic N) is 1. The van der Waals surface area contributed by atoms with Crippen LogP contribution in [0.3, 0.4) is 0 Å². The Kier molecular flexibility index (Phi) is 24.0. The van der Waals surface area contributed by atoms with Crippen LogP contribution in [0, 0.1) is 11.8 Å². The minimum atomic E-state index is -2.52. The first-order valence-corrected chi connectivity index (χ1v) is 35.6. The van der Waals surface area contributed by atoms with E-state index < -0.39 is 156 Å². The van der Waals surface area contributed by atoms with Gasteiger partial charge in [-0.25, -0.2) is 4.79 Å². The second-order valence-corrected chi connectivity index (χ2v) is 35.9. The highest BCUT2D eigenvalue weighted by atomic mass is 32.2. The van der Waals surface area contributed by atoms with E-state index in [1.54, 1.807) is 32.0 Å². The molecule has 470 valence electrons. The van der Waals surface area contributed by atoms with E-state index in [4.69, 9.17) is 25.1 Å². The Labute approximate surface area is 504 Å². The summed E-state index contributed by atoms with van der Waals surface area (Å²) in [5.74, 6) is -9.45. The number of aromatic nitrogens is 1. The summed E-state index contributed by atoms with van der Waals surface area (Å²) in [4.78, 5) is 128. The molecule has 24 nitrogen and oxygen atoms in total. The Morgan fingerprint density at radius 3 is 2.11 bits per heavy atom. The van der Waals surface area contributed by atoms with Crippen molar-refractivity contribution in [3.05, 3.63) is 59.7 Å². The number of carboxylic acids is 1. The number of H-pyrrole nitrogens is 1. The minimum Gasteiger partial charge on any atom is -0.489 e. The van der Waals surface area contributed by atoms with Gasteiger partial charge in [0.25, 0.3) is 0 Å². The van der Waals surface area contributed by atoms with Crippen molar-refractivity contribution in [1.82, 2.24) is 41.8 Å². The zero-order chi connectivity index (χ0) is 63.5. The smallest absolute Gasteiger partial charge is 0.326 e. The molecule has 2 aliphatic heterocycles. The predicted octanol–water partition coefficient (Wildman–Crippen LogP) is 2.91. The molecule has 0 bridgehead atoms. The zero-order valence-corrected chi connectivity index (χ0v) is 54.1. The lowest BCUT2D eigenvalue weighted by Gasteiger charge is -2.43. The number of benzene rings is 2. The molecule has 1 aromatic heterocycles. The third-order valence-electron chi connectivity index (χ3n) is 16.8. The Morgan fingerprint density at radius 2 is 1.51 bits per heavy atom. The second-order valence-electron chi connectivity index (χ2n) is 25.3. The quantitative estimate of drug-likeness (QED) is 0.0725. The van der Waals surface area contributed by atoms with Crippen LogP contribution < -0.4 is 48.1 Å². The van der Waals surface area contributed by atoms with Crippen LogP contribution in [0.25, 0.3) is 10.9 Å². The number of hydrogen-bond acceptors (Lipinski definition) is 15. The number of aliphatic hydroxyl groups is 1. The van der Waals surface area contributed by atoms with Crippen molar-refractivity contribution in [3.8, 4) is 5.75 Å². The first-order valence-electron chi connectivity index (χ1n) is 28.8. The minimum absolute atomic E-state index is 0.146. The van der Waals surface area contributed by atoms with E-state index in [0.29, 0.717) is 33.7 Å². The van der Waals surface area contributed by atoms with E-state index >= 15 is 0 Å². The molecule has 0 spiro atoms. The molecule has 85 heavy (non-hydrogen) atoms. The summed E-state index contributed by atoms with van der Waals surface area (Å²) in [6.45, 7) is 25.1. The Balaban J connectivity index is 1.62. The molecule has 27 heteroatoms. The number of amides is 8. The highest BCUT2D eigenvalue weighted by Crippen LogP contribution is 2.41. The van der Waals surface area contributed by atoms with Gasteiger partial charge in [0.2, 0.25) is 47.3 Å². The number of nitrogens with one attached hydrogen (secondary N) is 7. The molecule has 8 amide bonds. The number of nitrogens with two attached hydrogens (primary N) is 2. The molecule has 1 fully saturated rings. The van der Waals surface area contributed by atoms with Crippen molar-refractivity contribution in [2.45, 2.75) is 184 Å². The third-order valence-corrected chi connectivity index (χ3v) is 27.0. The lowest BCUT2D eigenvalue weighted by atomic mass is 9.95. The van der Waals surface area contributed by atoms with Crippen LogP contribution in [0.15, 0.2) is 53.6 Å². The van der Waals surface area contributed by atoms with Crippen LogP contribution in [0.2, 0.25) is 36.3 Å². The largest absolute Gasteiger partial charge is 0.489 e. The summed E-state index contributed by atoms with van der Waals surface area (Å²) in [6, 6.07) is 5.93. The maximum absolute atomic E-state index is 14.8. The van der Waals surface area contributed by atoms with Crippen molar-refractivity contribution < 1.29 is 67.0 Å². The zero-order valence-electron chi connectivity index (χ0n) is 51.3. The number of hydrogen-bond donors (Lipinski definition) is 11. The van der Waals surface area contributed by atoms with Gasteiger partial charge in [-0.05, 0) is 65.4 Å². The Hall–Kier alpha value is -6.37. The number of carboxylic acid groups (broad SMARTS) is 1.